The first-order valence-electron chi connectivity index (χ1n) is 9.18. The van der Waals surface area contributed by atoms with E-state index in [1.54, 1.807) is 17.2 Å². The normalized spacial score (nSPS) is 14.3. The van der Waals surface area contributed by atoms with Crippen molar-refractivity contribution >= 4 is 52.2 Å². The van der Waals surface area contributed by atoms with E-state index in [-0.39, 0.29) is 28.9 Å². The topological polar surface area (TPSA) is 61.4 Å². The number of nitrogens with zero attached hydrogens (tertiary/aromatic N) is 4. The van der Waals surface area contributed by atoms with Gasteiger partial charge in [-0.2, -0.15) is 0 Å². The Morgan fingerprint density at radius 3 is 2.67 bits per heavy atom. The number of aromatic nitrogens is 2. The Labute approximate surface area is 189 Å². The van der Waals surface area contributed by atoms with Crippen LogP contribution in [-0.2, 0) is 6.54 Å². The Hall–Kier alpha value is -2.26. The maximum atomic E-state index is 14.1. The number of amides is 1. The number of anilines is 2. The lowest BCUT2D eigenvalue weighted by Crippen LogP contribution is -2.48. The molecule has 0 aliphatic carbocycles. The molecule has 4 rings (SSSR count). The molecule has 1 amide bonds. The van der Waals surface area contributed by atoms with Crippen LogP contribution in [0.4, 0.5) is 15.3 Å². The molecule has 0 radical (unpaired) electrons. The minimum Gasteiger partial charge on any atom is -0.336 e. The van der Waals surface area contributed by atoms with Crippen molar-refractivity contribution in [2.45, 2.75) is 6.54 Å². The summed E-state index contributed by atoms with van der Waals surface area (Å²) in [5.74, 6) is -0.226. The smallest absolute Gasteiger partial charge is 0.256 e. The first-order chi connectivity index (χ1) is 14.1. The van der Waals surface area contributed by atoms with Gasteiger partial charge in [-0.3, -0.25) is 9.69 Å². The molecule has 0 bridgehead atoms. The van der Waals surface area contributed by atoms with Crippen molar-refractivity contribution in [2.75, 3.05) is 31.5 Å². The average molecular weight is 468 g/mol. The van der Waals surface area contributed by atoms with Gasteiger partial charge in [0.05, 0.1) is 16.3 Å². The van der Waals surface area contributed by atoms with Crippen molar-refractivity contribution in [1.29, 1.82) is 0 Å². The van der Waals surface area contributed by atoms with Crippen molar-refractivity contribution in [3.63, 3.8) is 0 Å². The number of hydrogen-bond acceptors (Lipinski definition) is 6. The van der Waals surface area contributed by atoms with Gasteiger partial charge in [0.1, 0.15) is 5.82 Å². The third kappa shape index (κ3) is 5.26. The van der Waals surface area contributed by atoms with Crippen LogP contribution in [0.25, 0.3) is 0 Å². The number of benzene rings is 1. The van der Waals surface area contributed by atoms with Crippen molar-refractivity contribution in [1.82, 2.24) is 19.8 Å². The summed E-state index contributed by atoms with van der Waals surface area (Å²) in [5.41, 5.74) is 0.959. The standard InChI is InChI=1S/C20H19ClFN5OS.ClH/c21-16-5-2-4-15(18(16)22)19(28)27-10-8-26(9-11-27)13-14-3-1-6-17(24-14)25-20-23-7-12-29-20;/h1-7,12H,8-11,13H2,(H,23,24,25);1H. The van der Waals surface area contributed by atoms with Gasteiger partial charge in [-0.25, -0.2) is 14.4 Å². The molecule has 1 aromatic carbocycles. The molecule has 0 unspecified atom stereocenters. The summed E-state index contributed by atoms with van der Waals surface area (Å²) in [4.78, 5) is 25.3. The largest absolute Gasteiger partial charge is 0.336 e. The SMILES string of the molecule is Cl.O=C(c1cccc(Cl)c1F)N1CCN(Cc2cccc(Nc3nccs3)n2)CC1. The molecule has 1 aliphatic rings. The quantitative estimate of drug-likeness (QED) is 0.600. The third-order valence-corrected chi connectivity index (χ3v) is 5.68. The summed E-state index contributed by atoms with van der Waals surface area (Å²) in [6, 6.07) is 10.3. The number of rotatable bonds is 5. The summed E-state index contributed by atoms with van der Waals surface area (Å²) >= 11 is 7.32. The number of hydrogen-bond donors (Lipinski definition) is 1. The first kappa shape index (κ1) is 22.4. The number of piperazine rings is 1. The van der Waals surface area contributed by atoms with Crippen molar-refractivity contribution in [3.8, 4) is 0 Å². The number of carbonyl (C=O) groups excluding carboxylic acids is 1. The van der Waals surface area contributed by atoms with Gasteiger partial charge in [0.15, 0.2) is 10.9 Å². The van der Waals surface area contributed by atoms with Crippen LogP contribution in [0, 0.1) is 5.82 Å². The molecule has 1 fully saturated rings. The fraction of sp³-hybridized carbons (Fsp3) is 0.250. The average Bonchev–Trinajstić information content (AvgIpc) is 3.23. The summed E-state index contributed by atoms with van der Waals surface area (Å²) < 4.78 is 14.1. The van der Waals surface area contributed by atoms with E-state index in [0.717, 1.165) is 16.6 Å². The van der Waals surface area contributed by atoms with Gasteiger partial charge in [-0.1, -0.05) is 23.7 Å². The van der Waals surface area contributed by atoms with Crippen molar-refractivity contribution in [3.05, 3.63) is 70.1 Å². The predicted octanol–water partition coefficient (Wildman–Crippen LogP) is 4.45. The van der Waals surface area contributed by atoms with Gasteiger partial charge in [-0.15, -0.1) is 23.7 Å². The van der Waals surface area contributed by atoms with E-state index in [2.05, 4.69) is 20.2 Å². The van der Waals surface area contributed by atoms with Gasteiger partial charge in [0, 0.05) is 44.3 Å². The van der Waals surface area contributed by atoms with Crippen LogP contribution in [0.15, 0.2) is 48.0 Å². The Kier molecular flexibility index (Phi) is 7.60. The highest BCUT2D eigenvalue weighted by atomic mass is 35.5. The highest BCUT2D eigenvalue weighted by Crippen LogP contribution is 2.21. The van der Waals surface area contributed by atoms with Gasteiger partial charge in [-0.05, 0) is 24.3 Å². The van der Waals surface area contributed by atoms with Crippen LogP contribution in [0.3, 0.4) is 0 Å². The second-order valence-corrected chi connectivity index (χ2v) is 7.95. The van der Waals surface area contributed by atoms with Gasteiger partial charge in [0.2, 0.25) is 0 Å². The number of nitrogens with one attached hydrogen (secondary N) is 1. The first-order valence-corrected chi connectivity index (χ1v) is 10.4. The van der Waals surface area contributed by atoms with Gasteiger partial charge >= 0.3 is 0 Å². The van der Waals surface area contributed by atoms with Crippen LogP contribution in [0.2, 0.25) is 5.02 Å². The Morgan fingerprint density at radius 2 is 1.93 bits per heavy atom. The van der Waals surface area contributed by atoms with Crippen molar-refractivity contribution in [2.24, 2.45) is 0 Å². The van der Waals surface area contributed by atoms with Gasteiger partial charge < -0.3 is 10.2 Å². The Balaban J connectivity index is 0.00000256. The van der Waals surface area contributed by atoms with Crippen molar-refractivity contribution < 1.29 is 9.18 Å². The number of halogens is 3. The maximum absolute atomic E-state index is 14.1. The van der Waals surface area contributed by atoms with E-state index in [4.69, 9.17) is 11.6 Å². The molecule has 10 heteroatoms. The lowest BCUT2D eigenvalue weighted by molar-refractivity contribution is 0.0622. The summed E-state index contributed by atoms with van der Waals surface area (Å²) in [7, 11) is 0. The van der Waals surface area contributed by atoms with Crippen LogP contribution in [0.5, 0.6) is 0 Å². The fourth-order valence-corrected chi connectivity index (χ4v) is 3.92. The van der Waals surface area contributed by atoms with Crippen LogP contribution < -0.4 is 5.32 Å². The Bertz CT molecular complexity index is 997. The zero-order valence-electron chi connectivity index (χ0n) is 15.9. The van der Waals surface area contributed by atoms with E-state index < -0.39 is 5.82 Å². The summed E-state index contributed by atoms with van der Waals surface area (Å²) in [5, 5.41) is 5.86. The van der Waals surface area contributed by atoms with Crippen LogP contribution in [-0.4, -0.2) is 51.9 Å². The van der Waals surface area contributed by atoms with Crippen LogP contribution in [0.1, 0.15) is 16.1 Å². The minimum atomic E-state index is -0.657. The molecule has 2 aromatic heterocycles. The molecule has 0 spiro atoms. The molecule has 6 nitrogen and oxygen atoms in total. The second kappa shape index (κ2) is 10.2. The molecule has 30 heavy (non-hydrogen) atoms. The van der Waals surface area contributed by atoms with Gasteiger partial charge in [0.25, 0.3) is 5.91 Å². The Morgan fingerprint density at radius 1 is 1.17 bits per heavy atom. The zero-order valence-corrected chi connectivity index (χ0v) is 18.3. The second-order valence-electron chi connectivity index (χ2n) is 6.65. The van der Waals surface area contributed by atoms with E-state index in [1.165, 1.54) is 23.5 Å². The highest BCUT2D eigenvalue weighted by molar-refractivity contribution is 7.13. The number of thiazole rings is 1. The molecule has 3 aromatic rings. The lowest BCUT2D eigenvalue weighted by Gasteiger charge is -2.34. The van der Waals surface area contributed by atoms with E-state index >= 15 is 0 Å². The molecule has 1 saturated heterocycles. The predicted molar refractivity (Wildman–Crippen MR) is 119 cm³/mol. The summed E-state index contributed by atoms with van der Waals surface area (Å²) in [6.45, 7) is 3.13. The molecular formula is C20H20Cl2FN5OS. The molecular weight excluding hydrogens is 448 g/mol. The molecule has 0 saturated carbocycles. The fourth-order valence-electron chi connectivity index (χ4n) is 3.21. The monoisotopic (exact) mass is 467 g/mol. The number of carbonyl (C=O) groups is 1. The van der Waals surface area contributed by atoms with E-state index in [1.807, 2.05) is 23.6 Å². The minimum absolute atomic E-state index is 0. The third-order valence-electron chi connectivity index (χ3n) is 4.70. The van der Waals surface area contributed by atoms with E-state index in [9.17, 15) is 9.18 Å². The summed E-state index contributed by atoms with van der Waals surface area (Å²) in [6.07, 6.45) is 1.74. The van der Waals surface area contributed by atoms with E-state index in [0.29, 0.717) is 32.7 Å². The zero-order chi connectivity index (χ0) is 20.2. The maximum Gasteiger partial charge on any atom is 0.256 e. The molecule has 1 N–H and O–H groups in total. The molecule has 1 aliphatic heterocycles. The molecule has 158 valence electrons. The molecule has 3 heterocycles. The number of pyridine rings is 1. The lowest BCUT2D eigenvalue weighted by atomic mass is 10.1. The van der Waals surface area contributed by atoms with Crippen LogP contribution >= 0.6 is 35.3 Å². The molecule has 0 atom stereocenters. The highest BCUT2D eigenvalue weighted by Gasteiger charge is 2.25.